The molecule has 3 N–H and O–H groups in total. The third kappa shape index (κ3) is 64.5. The standard InChI is InChI=1S/C73H129N2O6P/c1-6-8-10-12-14-16-18-20-22-24-26-28-29-30-31-32-33-34-35-36-37-38-39-40-41-42-43-44-45-47-49-51-53-55-57-59-61-63-65-67-73(77)74-71(70-81-82(78,79)80-69-68-75(3,4)5)72(76)66-64-62-60-58-56-54-52-50-48-46-27-25-23-21-19-17-15-13-11-9-7-2/h8,10,14,16,20,22,26,28,30-31,33-34,36-37,39-40,56,58,64,66,71-72,76H,6-7,9,11-13,15,17-19,21,23-25,27,29,32,35,38,41-55,57,59-63,65,67-70H2,1-5H3,(H-,74,77,78,79)/p+1/b10-8-,16-14-,22-20-,28-26-,31-30-,34-33-,37-36-,40-39-,58-56+,66-64+. The summed E-state index contributed by atoms with van der Waals surface area (Å²) in [4.78, 5) is 23.4. The van der Waals surface area contributed by atoms with E-state index < -0.39 is 20.0 Å². The molecule has 0 spiro atoms. The van der Waals surface area contributed by atoms with Crippen LogP contribution in [-0.4, -0.2) is 73.4 Å². The van der Waals surface area contributed by atoms with Crippen molar-refractivity contribution in [1.29, 1.82) is 0 Å². The summed E-state index contributed by atoms with van der Waals surface area (Å²) in [5, 5.41) is 14.0. The van der Waals surface area contributed by atoms with E-state index in [4.69, 9.17) is 9.05 Å². The summed E-state index contributed by atoms with van der Waals surface area (Å²) in [5.74, 6) is -0.189. The lowest BCUT2D eigenvalue weighted by molar-refractivity contribution is -0.870. The lowest BCUT2D eigenvalue weighted by Gasteiger charge is -2.25. The van der Waals surface area contributed by atoms with Gasteiger partial charge in [-0.1, -0.05) is 302 Å². The number of phosphoric acid groups is 1. The Balaban J connectivity index is 4.10. The van der Waals surface area contributed by atoms with Crippen molar-refractivity contribution in [3.05, 3.63) is 122 Å². The van der Waals surface area contributed by atoms with Crippen molar-refractivity contribution in [3.8, 4) is 0 Å². The van der Waals surface area contributed by atoms with E-state index >= 15 is 0 Å². The van der Waals surface area contributed by atoms with Crippen LogP contribution in [0.1, 0.15) is 284 Å². The number of phosphoric ester groups is 1. The first-order valence-corrected chi connectivity index (χ1v) is 35.4. The molecule has 3 unspecified atom stereocenters. The number of allylic oxidation sites excluding steroid dienone is 19. The first kappa shape index (κ1) is 78.9. The predicted molar refractivity (Wildman–Crippen MR) is 359 cm³/mol. The molecule has 0 aliphatic carbocycles. The Morgan fingerprint density at radius 3 is 1.12 bits per heavy atom. The molecule has 0 rings (SSSR count). The molecule has 0 aromatic carbocycles. The summed E-state index contributed by atoms with van der Waals surface area (Å²) >= 11 is 0. The van der Waals surface area contributed by atoms with Crippen molar-refractivity contribution >= 4 is 13.7 Å². The highest BCUT2D eigenvalue weighted by atomic mass is 31.2. The van der Waals surface area contributed by atoms with Crippen LogP contribution in [0.15, 0.2) is 122 Å². The van der Waals surface area contributed by atoms with Crippen LogP contribution in [0.2, 0.25) is 0 Å². The minimum absolute atomic E-state index is 0.0521. The minimum atomic E-state index is -4.37. The zero-order valence-corrected chi connectivity index (χ0v) is 54.8. The van der Waals surface area contributed by atoms with E-state index in [2.05, 4.69) is 129 Å². The van der Waals surface area contributed by atoms with Gasteiger partial charge in [0, 0.05) is 6.42 Å². The summed E-state index contributed by atoms with van der Waals surface area (Å²) in [7, 11) is 1.55. The van der Waals surface area contributed by atoms with Gasteiger partial charge < -0.3 is 19.8 Å². The van der Waals surface area contributed by atoms with Gasteiger partial charge in [0.15, 0.2) is 0 Å². The lowest BCUT2D eigenvalue weighted by atomic mass is 10.0. The van der Waals surface area contributed by atoms with Gasteiger partial charge in [-0.2, -0.15) is 0 Å². The Hall–Kier alpha value is -3.10. The number of nitrogens with zero attached hydrogens (tertiary/aromatic N) is 1. The molecular formula is C73H130N2O6P+. The topological polar surface area (TPSA) is 105 Å². The summed E-state index contributed by atoms with van der Waals surface area (Å²) in [6, 6.07) is -0.871. The first-order chi connectivity index (χ1) is 40.0. The quantitative estimate of drug-likeness (QED) is 0.0243. The number of nitrogens with one attached hydrogen (secondary N) is 1. The summed E-state index contributed by atoms with van der Waals surface area (Å²) in [6.07, 6.45) is 93.3. The molecule has 0 aliphatic heterocycles. The fourth-order valence-corrected chi connectivity index (χ4v) is 10.2. The van der Waals surface area contributed by atoms with Crippen molar-refractivity contribution in [2.75, 3.05) is 40.9 Å². The highest BCUT2D eigenvalue weighted by molar-refractivity contribution is 7.47. The number of rotatable bonds is 61. The zero-order chi connectivity index (χ0) is 59.8. The molecule has 0 bridgehead atoms. The Morgan fingerprint density at radius 1 is 0.427 bits per heavy atom. The second-order valence-corrected chi connectivity index (χ2v) is 25.3. The minimum Gasteiger partial charge on any atom is -0.387 e. The van der Waals surface area contributed by atoms with E-state index in [0.29, 0.717) is 17.4 Å². The Labute approximate surface area is 507 Å². The number of quaternary nitrogens is 1. The van der Waals surface area contributed by atoms with Crippen molar-refractivity contribution in [2.45, 2.75) is 296 Å². The smallest absolute Gasteiger partial charge is 0.387 e. The fourth-order valence-electron chi connectivity index (χ4n) is 9.43. The van der Waals surface area contributed by atoms with Crippen molar-refractivity contribution in [1.82, 2.24) is 5.32 Å². The lowest BCUT2D eigenvalue weighted by Crippen LogP contribution is -2.45. The molecule has 0 fully saturated rings. The van der Waals surface area contributed by atoms with Crippen LogP contribution in [0, 0.1) is 0 Å². The average molecular weight is 1160 g/mol. The highest BCUT2D eigenvalue weighted by Gasteiger charge is 2.28. The maximum Gasteiger partial charge on any atom is 0.472 e. The zero-order valence-electron chi connectivity index (χ0n) is 53.9. The van der Waals surface area contributed by atoms with E-state index in [-0.39, 0.29) is 19.1 Å². The van der Waals surface area contributed by atoms with Gasteiger partial charge in [0.05, 0.1) is 39.9 Å². The number of aliphatic hydroxyl groups excluding tert-OH is 1. The van der Waals surface area contributed by atoms with Gasteiger partial charge in [0.25, 0.3) is 0 Å². The van der Waals surface area contributed by atoms with E-state index in [1.54, 1.807) is 6.08 Å². The molecule has 0 heterocycles. The molecule has 0 aromatic rings. The monoisotopic (exact) mass is 1160 g/mol. The van der Waals surface area contributed by atoms with Gasteiger partial charge in [-0.25, -0.2) is 4.57 Å². The number of likely N-dealkylation sites (N-methyl/N-ethyl adjacent to an activating group) is 1. The van der Waals surface area contributed by atoms with Gasteiger partial charge in [-0.05, 0) is 96.3 Å². The normalized spacial score (nSPS) is 14.5. The van der Waals surface area contributed by atoms with Gasteiger partial charge in [-0.15, -0.1) is 0 Å². The van der Waals surface area contributed by atoms with E-state index in [1.165, 1.54) is 173 Å². The average Bonchev–Trinajstić information content (AvgIpc) is 3.46. The maximum atomic E-state index is 13.0. The molecule has 1 amide bonds. The molecule has 3 atom stereocenters. The first-order valence-electron chi connectivity index (χ1n) is 33.9. The summed E-state index contributed by atoms with van der Waals surface area (Å²) < 4.78 is 23.8. The van der Waals surface area contributed by atoms with Crippen molar-refractivity contribution in [3.63, 3.8) is 0 Å². The second kappa shape index (κ2) is 62.4. The number of unbranched alkanes of at least 4 members (excludes halogenated alkanes) is 30. The molecule has 0 aromatic heterocycles. The number of hydrogen-bond donors (Lipinski definition) is 3. The molecule has 0 aliphatic rings. The molecule has 0 radical (unpaired) electrons. The number of amides is 1. The van der Waals surface area contributed by atoms with E-state index in [9.17, 15) is 19.4 Å². The third-order valence-electron chi connectivity index (χ3n) is 14.7. The van der Waals surface area contributed by atoms with Crippen LogP contribution < -0.4 is 5.32 Å². The molecule has 472 valence electrons. The summed E-state index contributed by atoms with van der Waals surface area (Å²) in [5.41, 5.74) is 0. The number of carbonyl (C=O) groups excluding carboxylic acids is 1. The van der Waals surface area contributed by atoms with Gasteiger partial charge in [-0.3, -0.25) is 13.8 Å². The Morgan fingerprint density at radius 2 is 0.744 bits per heavy atom. The van der Waals surface area contributed by atoms with Crippen molar-refractivity contribution < 1.29 is 32.9 Å². The van der Waals surface area contributed by atoms with Crippen molar-refractivity contribution in [2.24, 2.45) is 0 Å². The molecule has 8 nitrogen and oxygen atoms in total. The molecule has 9 heteroatoms. The Kier molecular flexibility index (Phi) is 60.1. The molecule has 0 saturated carbocycles. The van der Waals surface area contributed by atoms with Crippen LogP contribution in [0.25, 0.3) is 0 Å². The van der Waals surface area contributed by atoms with Crippen LogP contribution in [-0.2, 0) is 18.4 Å². The predicted octanol–water partition coefficient (Wildman–Crippen LogP) is 21.7. The molecule has 82 heavy (non-hydrogen) atoms. The molecule has 0 saturated heterocycles. The SMILES string of the molecule is CC/C=C\C/C=C\C/C=C\C/C=C\C/C=C\C/C=C\C/C=C\C/C=C\CCCCCCCCCCCCCCCCC(=O)NC(COP(=O)(O)OCC[N+](C)(C)C)C(O)/C=C/CC/C=C/CCCCCCCCCCCCCCCCC. The second-order valence-electron chi connectivity index (χ2n) is 23.8. The van der Waals surface area contributed by atoms with E-state index in [0.717, 1.165) is 89.9 Å². The maximum absolute atomic E-state index is 13.0. The Bertz CT molecular complexity index is 1750. The number of aliphatic hydroxyl groups is 1. The van der Waals surface area contributed by atoms with Gasteiger partial charge >= 0.3 is 7.82 Å². The van der Waals surface area contributed by atoms with Crippen LogP contribution >= 0.6 is 7.82 Å². The highest BCUT2D eigenvalue weighted by Crippen LogP contribution is 2.43. The van der Waals surface area contributed by atoms with Crippen LogP contribution in [0.4, 0.5) is 0 Å². The third-order valence-corrected chi connectivity index (χ3v) is 15.6. The largest absolute Gasteiger partial charge is 0.472 e. The van der Waals surface area contributed by atoms with Crippen LogP contribution in [0.5, 0.6) is 0 Å². The van der Waals surface area contributed by atoms with Gasteiger partial charge in [0.2, 0.25) is 5.91 Å². The van der Waals surface area contributed by atoms with E-state index in [1.807, 2.05) is 27.2 Å². The molecular weight excluding hydrogens is 1030 g/mol. The van der Waals surface area contributed by atoms with Crippen LogP contribution in [0.3, 0.4) is 0 Å². The fraction of sp³-hybridized carbons (Fsp3) is 0.712. The van der Waals surface area contributed by atoms with Gasteiger partial charge in [0.1, 0.15) is 13.2 Å². The number of carbonyl (C=O) groups is 1. The summed E-state index contributed by atoms with van der Waals surface area (Å²) in [6.45, 7) is 4.69. The number of hydrogen-bond acceptors (Lipinski definition) is 5.